The molecule has 0 spiro atoms. The van der Waals surface area contributed by atoms with E-state index in [-0.39, 0.29) is 0 Å². The Bertz CT molecular complexity index is 52.0. The van der Waals surface area contributed by atoms with Crippen molar-refractivity contribution < 1.29 is 5.21 Å². The third-order valence-electron chi connectivity index (χ3n) is 0.768. The first-order chi connectivity index (χ1) is 3.41. The minimum atomic E-state index is 0.896. The van der Waals surface area contributed by atoms with Crippen molar-refractivity contribution in [2.75, 3.05) is 0 Å². The molecule has 42 valence electrons. The molecule has 0 heterocycles. The van der Waals surface area contributed by atoms with Crippen molar-refractivity contribution in [3.63, 3.8) is 0 Å². The summed E-state index contributed by atoms with van der Waals surface area (Å²) >= 11 is 0. The molecule has 0 saturated carbocycles. The average Bonchev–Trinajstić information content (AvgIpc) is 1.69. The Morgan fingerprint density at radius 2 is 2.43 bits per heavy atom. The fourth-order valence-electron chi connectivity index (χ4n) is 0.353. The van der Waals surface area contributed by atoms with Gasteiger partial charge in [-0.15, -0.1) is 5.16 Å². The van der Waals surface area contributed by atoms with E-state index in [1.165, 1.54) is 6.21 Å². The average molecular weight is 101 g/mol. The molecule has 2 nitrogen and oxygen atoms in total. The van der Waals surface area contributed by atoms with Gasteiger partial charge in [-0.3, -0.25) is 0 Å². The van der Waals surface area contributed by atoms with Gasteiger partial charge in [0, 0.05) is 6.21 Å². The largest absolute Gasteiger partial charge is 0.411 e. The summed E-state index contributed by atoms with van der Waals surface area (Å²) in [7, 11) is 0. The second-order valence-electron chi connectivity index (χ2n) is 1.44. The number of rotatable bonds is 3. The maximum absolute atomic E-state index is 7.86. The van der Waals surface area contributed by atoms with Gasteiger partial charge in [-0.2, -0.15) is 0 Å². The Hall–Kier alpha value is -0.530. The minimum absolute atomic E-state index is 0.896. The van der Waals surface area contributed by atoms with Crippen molar-refractivity contribution in [2.24, 2.45) is 5.16 Å². The summed E-state index contributed by atoms with van der Waals surface area (Å²) in [5.74, 6) is 0. The van der Waals surface area contributed by atoms with Crippen molar-refractivity contribution in [1.82, 2.24) is 0 Å². The molecule has 0 radical (unpaired) electrons. The van der Waals surface area contributed by atoms with E-state index in [1.54, 1.807) is 0 Å². The van der Waals surface area contributed by atoms with Gasteiger partial charge in [-0.05, 0) is 12.8 Å². The first-order valence-electron chi connectivity index (χ1n) is 2.57. The van der Waals surface area contributed by atoms with Crippen LogP contribution in [0.5, 0.6) is 0 Å². The summed E-state index contributed by atoms with van der Waals surface area (Å²) in [5, 5.41) is 10.7. The van der Waals surface area contributed by atoms with E-state index in [0.717, 1.165) is 19.3 Å². The zero-order chi connectivity index (χ0) is 5.54. The fourth-order valence-corrected chi connectivity index (χ4v) is 0.353. The van der Waals surface area contributed by atoms with Crippen LogP contribution in [0, 0.1) is 0 Å². The normalized spacial score (nSPS) is 10.4. The summed E-state index contributed by atoms with van der Waals surface area (Å²) in [6.45, 7) is 2.10. The molecule has 0 bridgehead atoms. The quantitative estimate of drug-likeness (QED) is 0.249. The van der Waals surface area contributed by atoms with E-state index in [9.17, 15) is 0 Å². The van der Waals surface area contributed by atoms with Crippen LogP contribution in [0.3, 0.4) is 0 Å². The molecule has 1 N–H and O–H groups in total. The second-order valence-corrected chi connectivity index (χ2v) is 1.44. The maximum Gasteiger partial charge on any atom is 0.0435 e. The Kier molecular flexibility index (Phi) is 5.06. The van der Waals surface area contributed by atoms with Gasteiger partial charge >= 0.3 is 0 Å². The van der Waals surface area contributed by atoms with Crippen molar-refractivity contribution in [3.05, 3.63) is 0 Å². The minimum Gasteiger partial charge on any atom is -0.411 e. The fraction of sp³-hybridized carbons (Fsp3) is 0.800. The maximum atomic E-state index is 7.86. The van der Waals surface area contributed by atoms with Crippen LogP contribution in [-0.4, -0.2) is 11.4 Å². The van der Waals surface area contributed by atoms with Crippen molar-refractivity contribution in [2.45, 2.75) is 26.2 Å². The van der Waals surface area contributed by atoms with E-state index in [1.807, 2.05) is 0 Å². The van der Waals surface area contributed by atoms with Gasteiger partial charge in [0.05, 0.1) is 0 Å². The van der Waals surface area contributed by atoms with Gasteiger partial charge in [0.15, 0.2) is 0 Å². The van der Waals surface area contributed by atoms with Crippen LogP contribution in [0.15, 0.2) is 5.16 Å². The summed E-state index contributed by atoms with van der Waals surface area (Å²) in [5.41, 5.74) is 0. The Labute approximate surface area is 43.8 Å². The molecule has 0 amide bonds. The zero-order valence-electron chi connectivity index (χ0n) is 4.59. The molecule has 0 saturated heterocycles. The highest BCUT2D eigenvalue weighted by Crippen LogP contribution is 1.88. The van der Waals surface area contributed by atoms with Crippen LogP contribution >= 0.6 is 0 Å². The summed E-state index contributed by atoms with van der Waals surface area (Å²) in [6, 6.07) is 0. The molecule has 0 unspecified atom stereocenters. The molecule has 0 aromatic rings. The molecular formula is C5H11NO. The molecule has 2 heteroatoms. The Balaban J connectivity index is 2.69. The lowest BCUT2D eigenvalue weighted by Crippen LogP contribution is -1.72. The molecule has 0 aliphatic rings. The van der Waals surface area contributed by atoms with E-state index >= 15 is 0 Å². The third-order valence-corrected chi connectivity index (χ3v) is 0.768. The standard InChI is InChI=1S/C5H11NO/c1-2-3-4-5-6-7/h5,7H,2-4H2,1H3/b6-5-. The predicted molar refractivity (Wildman–Crippen MR) is 29.8 cm³/mol. The van der Waals surface area contributed by atoms with Crippen LogP contribution in [-0.2, 0) is 0 Å². The Morgan fingerprint density at radius 3 is 2.86 bits per heavy atom. The summed E-state index contributed by atoms with van der Waals surface area (Å²) in [6.07, 6.45) is 4.69. The van der Waals surface area contributed by atoms with E-state index in [2.05, 4.69) is 12.1 Å². The lowest BCUT2D eigenvalue weighted by atomic mass is 10.3. The summed E-state index contributed by atoms with van der Waals surface area (Å²) < 4.78 is 0. The number of hydrogen-bond donors (Lipinski definition) is 1. The van der Waals surface area contributed by atoms with Gasteiger partial charge in [0.25, 0.3) is 0 Å². The van der Waals surface area contributed by atoms with Gasteiger partial charge in [0.1, 0.15) is 0 Å². The van der Waals surface area contributed by atoms with Crippen LogP contribution in [0.2, 0.25) is 0 Å². The number of hydrogen-bond acceptors (Lipinski definition) is 2. The molecule has 0 aromatic heterocycles. The van der Waals surface area contributed by atoms with Crippen molar-refractivity contribution in [1.29, 1.82) is 0 Å². The predicted octanol–water partition coefficient (Wildman–Crippen LogP) is 1.64. The van der Waals surface area contributed by atoms with Crippen LogP contribution in [0.25, 0.3) is 0 Å². The smallest absolute Gasteiger partial charge is 0.0435 e. The number of nitrogens with zero attached hydrogens (tertiary/aromatic N) is 1. The van der Waals surface area contributed by atoms with Crippen LogP contribution < -0.4 is 0 Å². The molecule has 0 aliphatic carbocycles. The Morgan fingerprint density at radius 1 is 1.71 bits per heavy atom. The highest BCUT2D eigenvalue weighted by molar-refractivity contribution is 5.55. The molecule has 7 heavy (non-hydrogen) atoms. The molecule has 0 atom stereocenters. The van der Waals surface area contributed by atoms with Crippen molar-refractivity contribution in [3.8, 4) is 0 Å². The van der Waals surface area contributed by atoms with Crippen molar-refractivity contribution >= 4 is 6.21 Å². The lowest BCUT2D eigenvalue weighted by molar-refractivity contribution is 0.320. The number of unbranched alkanes of at least 4 members (excludes halogenated alkanes) is 2. The van der Waals surface area contributed by atoms with Crippen LogP contribution in [0.1, 0.15) is 26.2 Å². The van der Waals surface area contributed by atoms with Gasteiger partial charge in [-0.1, -0.05) is 13.3 Å². The third kappa shape index (κ3) is 5.47. The molecular weight excluding hydrogens is 90.1 g/mol. The van der Waals surface area contributed by atoms with Gasteiger partial charge in [0.2, 0.25) is 0 Å². The van der Waals surface area contributed by atoms with E-state index in [0.29, 0.717) is 0 Å². The second kappa shape index (κ2) is 5.47. The van der Waals surface area contributed by atoms with Gasteiger partial charge in [-0.25, -0.2) is 0 Å². The highest BCUT2D eigenvalue weighted by Gasteiger charge is 1.75. The lowest BCUT2D eigenvalue weighted by Gasteiger charge is -1.82. The number of oxime groups is 1. The van der Waals surface area contributed by atoms with E-state index < -0.39 is 0 Å². The van der Waals surface area contributed by atoms with E-state index in [4.69, 9.17) is 5.21 Å². The summed E-state index contributed by atoms with van der Waals surface area (Å²) in [4.78, 5) is 0. The first-order valence-corrected chi connectivity index (χ1v) is 2.57. The zero-order valence-corrected chi connectivity index (χ0v) is 4.59. The van der Waals surface area contributed by atoms with Gasteiger partial charge < -0.3 is 5.21 Å². The monoisotopic (exact) mass is 101 g/mol. The van der Waals surface area contributed by atoms with Crippen LogP contribution in [0.4, 0.5) is 0 Å². The molecule has 0 aromatic carbocycles. The molecule has 0 fully saturated rings. The molecule has 0 aliphatic heterocycles. The molecule has 0 rings (SSSR count). The SMILES string of the molecule is CCCC/C=N\O. The topological polar surface area (TPSA) is 32.6 Å². The highest BCUT2D eigenvalue weighted by atomic mass is 16.4. The first kappa shape index (κ1) is 6.47.